The summed E-state index contributed by atoms with van der Waals surface area (Å²) >= 11 is 23.7. The maximum Gasteiger partial charge on any atom is 0.196 e. The van der Waals surface area contributed by atoms with Crippen molar-refractivity contribution < 1.29 is 14.3 Å². The summed E-state index contributed by atoms with van der Waals surface area (Å²) < 4.78 is 10.5. The lowest BCUT2D eigenvalue weighted by Gasteiger charge is -2.22. The molecule has 1 unspecified atom stereocenters. The smallest absolute Gasteiger partial charge is 0.196 e. The van der Waals surface area contributed by atoms with Crippen LogP contribution in [0.1, 0.15) is 10.4 Å². The topological polar surface area (TPSA) is 35.5 Å². The highest BCUT2D eigenvalue weighted by Gasteiger charge is 2.29. The van der Waals surface area contributed by atoms with Gasteiger partial charge in [0.25, 0.3) is 0 Å². The molecule has 98 valence electrons. The van der Waals surface area contributed by atoms with Crippen LogP contribution < -0.4 is 0 Å². The van der Waals surface area contributed by atoms with Gasteiger partial charge in [0, 0.05) is 0 Å². The van der Waals surface area contributed by atoms with Gasteiger partial charge in [-0.05, 0) is 6.07 Å². The molecule has 1 saturated heterocycles. The molecule has 1 heterocycles. The van der Waals surface area contributed by atoms with Crippen molar-refractivity contribution in [3.63, 3.8) is 0 Å². The quantitative estimate of drug-likeness (QED) is 0.469. The molecule has 1 aromatic carbocycles. The molecule has 0 aromatic heterocycles. The van der Waals surface area contributed by atoms with Crippen molar-refractivity contribution in [3.05, 3.63) is 31.7 Å². The highest BCUT2D eigenvalue weighted by molar-refractivity contribution is 6.51. The minimum Gasteiger partial charge on any atom is -0.376 e. The Morgan fingerprint density at radius 2 is 1.83 bits per heavy atom. The van der Waals surface area contributed by atoms with E-state index in [1.807, 2.05) is 0 Å². The predicted octanol–water partition coefficient (Wildman–Crippen LogP) is 3.90. The number of hydrogen-bond donors (Lipinski definition) is 0. The van der Waals surface area contributed by atoms with E-state index in [0.29, 0.717) is 13.2 Å². The van der Waals surface area contributed by atoms with Crippen LogP contribution in [0.3, 0.4) is 0 Å². The first-order valence-electron chi connectivity index (χ1n) is 5.09. The minimum absolute atomic E-state index is 0.0355. The van der Waals surface area contributed by atoms with Crippen LogP contribution in [-0.2, 0) is 9.47 Å². The maximum atomic E-state index is 12.2. The van der Waals surface area contributed by atoms with Gasteiger partial charge in [-0.2, -0.15) is 0 Å². The summed E-state index contributed by atoms with van der Waals surface area (Å²) in [7, 11) is 0. The number of benzene rings is 1. The SMILES string of the molecule is O=C(c1c(Cl)cc(Cl)c(Cl)c1Cl)C1COCCO1. The molecule has 1 aliphatic rings. The van der Waals surface area contributed by atoms with Crippen molar-refractivity contribution in [3.8, 4) is 0 Å². The van der Waals surface area contributed by atoms with Gasteiger partial charge in [-0.1, -0.05) is 46.4 Å². The monoisotopic (exact) mass is 328 g/mol. The lowest BCUT2D eigenvalue weighted by Crippen LogP contribution is -2.35. The fourth-order valence-corrected chi connectivity index (χ4v) is 2.69. The van der Waals surface area contributed by atoms with Crippen molar-refractivity contribution >= 4 is 52.2 Å². The molecule has 0 spiro atoms. The maximum absolute atomic E-state index is 12.2. The van der Waals surface area contributed by atoms with E-state index in [9.17, 15) is 4.79 Å². The van der Waals surface area contributed by atoms with Crippen LogP contribution in [0, 0.1) is 0 Å². The molecule has 2 rings (SSSR count). The standard InChI is InChI=1S/C11H8Cl4O3/c12-5-3-6(13)9(14)10(15)8(5)11(16)7-4-17-1-2-18-7/h3,7H,1-2,4H2. The highest BCUT2D eigenvalue weighted by atomic mass is 35.5. The number of hydrogen-bond acceptors (Lipinski definition) is 3. The molecule has 0 N–H and O–H groups in total. The first-order chi connectivity index (χ1) is 8.52. The van der Waals surface area contributed by atoms with E-state index < -0.39 is 6.10 Å². The number of ketones is 1. The number of Topliss-reactive ketones (excluding diaryl/α,β-unsaturated/α-hetero) is 1. The van der Waals surface area contributed by atoms with Gasteiger partial charge in [0.1, 0.15) is 6.10 Å². The normalized spacial score (nSPS) is 19.9. The van der Waals surface area contributed by atoms with E-state index in [0.717, 1.165) is 0 Å². The lowest BCUT2D eigenvalue weighted by atomic mass is 10.1. The van der Waals surface area contributed by atoms with Crippen LogP contribution in [0.4, 0.5) is 0 Å². The molecule has 0 amide bonds. The third kappa shape index (κ3) is 2.77. The molecule has 3 nitrogen and oxygen atoms in total. The van der Waals surface area contributed by atoms with Gasteiger partial charge in [-0.25, -0.2) is 0 Å². The van der Waals surface area contributed by atoms with Crippen LogP contribution in [0.15, 0.2) is 6.07 Å². The summed E-state index contributed by atoms with van der Waals surface area (Å²) in [4.78, 5) is 12.2. The summed E-state index contributed by atoms with van der Waals surface area (Å²) in [6, 6.07) is 1.38. The molecular formula is C11H8Cl4O3. The average Bonchev–Trinajstić information content (AvgIpc) is 2.37. The first kappa shape index (κ1) is 14.4. The summed E-state index contributed by atoms with van der Waals surface area (Å²) in [6.07, 6.45) is -0.717. The Morgan fingerprint density at radius 3 is 2.44 bits per heavy atom. The van der Waals surface area contributed by atoms with Gasteiger partial charge in [0.05, 0.1) is 45.5 Å². The largest absolute Gasteiger partial charge is 0.376 e. The van der Waals surface area contributed by atoms with E-state index in [1.54, 1.807) is 0 Å². The van der Waals surface area contributed by atoms with Crippen LogP contribution in [-0.4, -0.2) is 31.7 Å². The minimum atomic E-state index is -0.717. The Kier molecular flexibility index (Phi) is 4.75. The van der Waals surface area contributed by atoms with E-state index in [1.165, 1.54) is 6.07 Å². The fraction of sp³-hybridized carbons (Fsp3) is 0.364. The highest BCUT2D eigenvalue weighted by Crippen LogP contribution is 2.38. The van der Waals surface area contributed by atoms with Gasteiger partial charge in [-0.15, -0.1) is 0 Å². The molecule has 1 aromatic rings. The van der Waals surface area contributed by atoms with Crippen molar-refractivity contribution in [2.24, 2.45) is 0 Å². The predicted molar refractivity (Wildman–Crippen MR) is 71.4 cm³/mol. The van der Waals surface area contributed by atoms with Gasteiger partial charge < -0.3 is 9.47 Å². The number of carbonyl (C=O) groups is 1. The van der Waals surface area contributed by atoms with Crippen molar-refractivity contribution in [1.29, 1.82) is 0 Å². The van der Waals surface area contributed by atoms with E-state index in [-0.39, 0.29) is 38.0 Å². The Hall–Kier alpha value is -0.0300. The first-order valence-corrected chi connectivity index (χ1v) is 6.60. The molecule has 18 heavy (non-hydrogen) atoms. The second-order valence-corrected chi connectivity index (χ2v) is 5.21. The Morgan fingerprint density at radius 1 is 1.11 bits per heavy atom. The molecule has 1 fully saturated rings. The zero-order valence-electron chi connectivity index (χ0n) is 9.01. The summed E-state index contributed by atoms with van der Waals surface area (Å²) in [5, 5.41) is 0.480. The van der Waals surface area contributed by atoms with E-state index >= 15 is 0 Å². The van der Waals surface area contributed by atoms with Crippen LogP contribution in [0.5, 0.6) is 0 Å². The molecule has 0 saturated carbocycles. The van der Waals surface area contributed by atoms with Crippen LogP contribution in [0.25, 0.3) is 0 Å². The molecule has 0 bridgehead atoms. The molecule has 0 radical (unpaired) electrons. The van der Waals surface area contributed by atoms with Gasteiger partial charge >= 0.3 is 0 Å². The van der Waals surface area contributed by atoms with E-state index in [4.69, 9.17) is 55.9 Å². The summed E-state index contributed by atoms with van der Waals surface area (Å²) in [6.45, 7) is 0.991. The van der Waals surface area contributed by atoms with Crippen LogP contribution in [0.2, 0.25) is 20.1 Å². The summed E-state index contributed by atoms with van der Waals surface area (Å²) in [5.41, 5.74) is 0.114. The molecule has 7 heteroatoms. The second-order valence-electron chi connectivity index (χ2n) is 3.64. The third-order valence-electron chi connectivity index (χ3n) is 2.47. The Bertz CT molecular complexity index is 484. The van der Waals surface area contributed by atoms with Crippen molar-refractivity contribution in [2.75, 3.05) is 19.8 Å². The number of carbonyl (C=O) groups excluding carboxylic acids is 1. The van der Waals surface area contributed by atoms with Crippen molar-refractivity contribution in [2.45, 2.75) is 6.10 Å². The number of ether oxygens (including phenoxy) is 2. The third-order valence-corrected chi connectivity index (χ3v) is 4.03. The van der Waals surface area contributed by atoms with Gasteiger partial charge in [-0.3, -0.25) is 4.79 Å². The average molecular weight is 330 g/mol. The van der Waals surface area contributed by atoms with Gasteiger partial charge in [0.2, 0.25) is 0 Å². The van der Waals surface area contributed by atoms with Gasteiger partial charge in [0.15, 0.2) is 5.78 Å². The zero-order chi connectivity index (χ0) is 13.3. The number of rotatable bonds is 2. The van der Waals surface area contributed by atoms with Crippen molar-refractivity contribution in [1.82, 2.24) is 0 Å². The summed E-state index contributed by atoms with van der Waals surface area (Å²) in [5.74, 6) is -0.358. The second kappa shape index (κ2) is 5.95. The van der Waals surface area contributed by atoms with E-state index in [2.05, 4.69) is 0 Å². The Labute approximate surface area is 124 Å². The fourth-order valence-electron chi connectivity index (χ4n) is 1.59. The molecule has 0 aliphatic carbocycles. The lowest BCUT2D eigenvalue weighted by molar-refractivity contribution is -0.0719. The zero-order valence-corrected chi connectivity index (χ0v) is 12.0. The molecule has 1 aliphatic heterocycles. The Balaban J connectivity index is 2.38. The van der Waals surface area contributed by atoms with Crippen LogP contribution >= 0.6 is 46.4 Å². The molecular weight excluding hydrogens is 322 g/mol. The number of halogens is 4. The molecule has 1 atom stereocenters.